The van der Waals surface area contributed by atoms with Crippen LogP contribution in [-0.4, -0.2) is 75.4 Å². The number of likely N-dealkylation sites (N-methyl/N-ethyl adjacent to an activating group) is 1. The molecule has 218 valence electrons. The third-order valence-electron chi connectivity index (χ3n) is 7.80. The zero-order valence-corrected chi connectivity index (χ0v) is 24.2. The van der Waals surface area contributed by atoms with Crippen molar-refractivity contribution in [3.05, 3.63) is 71.8 Å². The quantitative estimate of drug-likeness (QED) is 0.303. The molecule has 9 nitrogen and oxygen atoms in total. The van der Waals surface area contributed by atoms with Gasteiger partial charge in [-0.3, -0.25) is 14.4 Å². The second-order valence-corrected chi connectivity index (χ2v) is 10.8. The van der Waals surface area contributed by atoms with Crippen molar-refractivity contribution in [1.82, 2.24) is 21.3 Å². The fourth-order valence-electron chi connectivity index (χ4n) is 4.86. The van der Waals surface area contributed by atoms with Crippen LogP contribution in [0.15, 0.2) is 60.7 Å². The molecule has 1 saturated heterocycles. The smallest absolute Gasteiger partial charge is 0.245 e. The molecule has 1 fully saturated rings. The van der Waals surface area contributed by atoms with Crippen molar-refractivity contribution in [3.63, 3.8) is 0 Å². The Bertz CT molecular complexity index is 1050. The standard InChI is InChI=1S/C31H44N4O5/c1-21(32-4)28(36)34-26(24-16-18-40-19-17-24)29(37)35-27(31(2,3)39-5)30(38)33-20-25(22-12-8-6-9-13-22)23-14-10-7-11-15-23/h6-15,21,24-27,32H,16-20H2,1-5H3,(H,33,38)(H,34,36)(H,35,37)/t21-,26-,27?/m0/s1. The maximum Gasteiger partial charge on any atom is 0.245 e. The molecule has 40 heavy (non-hydrogen) atoms. The van der Waals surface area contributed by atoms with Gasteiger partial charge in [0.15, 0.2) is 0 Å². The lowest BCUT2D eigenvalue weighted by molar-refractivity contribution is -0.139. The number of benzene rings is 2. The number of methoxy groups -OCH3 is 1. The summed E-state index contributed by atoms with van der Waals surface area (Å²) >= 11 is 0. The molecule has 1 unspecified atom stereocenters. The minimum atomic E-state index is -1.02. The second-order valence-electron chi connectivity index (χ2n) is 10.8. The number of amides is 3. The Morgan fingerprint density at radius 2 is 1.45 bits per heavy atom. The summed E-state index contributed by atoms with van der Waals surface area (Å²) in [5.41, 5.74) is 1.13. The van der Waals surface area contributed by atoms with E-state index in [1.807, 2.05) is 60.7 Å². The zero-order chi connectivity index (χ0) is 29.1. The largest absolute Gasteiger partial charge is 0.381 e. The topological polar surface area (TPSA) is 118 Å². The summed E-state index contributed by atoms with van der Waals surface area (Å²) in [6.07, 6.45) is 1.26. The Kier molecular flexibility index (Phi) is 11.7. The average Bonchev–Trinajstić information content (AvgIpc) is 2.99. The predicted octanol–water partition coefficient (Wildman–Crippen LogP) is 2.36. The van der Waals surface area contributed by atoms with E-state index in [-0.39, 0.29) is 23.7 Å². The molecule has 0 spiro atoms. The molecule has 1 heterocycles. The van der Waals surface area contributed by atoms with Gasteiger partial charge in [-0.1, -0.05) is 60.7 Å². The first-order chi connectivity index (χ1) is 19.2. The maximum absolute atomic E-state index is 13.7. The number of nitrogens with one attached hydrogen (secondary N) is 4. The van der Waals surface area contributed by atoms with E-state index >= 15 is 0 Å². The fourth-order valence-corrected chi connectivity index (χ4v) is 4.86. The molecule has 9 heteroatoms. The molecule has 3 amide bonds. The SMILES string of the molecule is CN[C@@H](C)C(=O)N[C@H](C(=O)NC(C(=O)NCC(c1ccccc1)c1ccccc1)C(C)(C)OC)C1CCOCC1. The van der Waals surface area contributed by atoms with E-state index in [9.17, 15) is 14.4 Å². The number of carbonyl (C=O) groups excluding carboxylic acids is 3. The normalized spacial score (nSPS) is 16.6. The highest BCUT2D eigenvalue weighted by atomic mass is 16.5. The van der Waals surface area contributed by atoms with Gasteiger partial charge in [-0.2, -0.15) is 0 Å². The molecule has 1 aliphatic rings. The summed E-state index contributed by atoms with van der Waals surface area (Å²) in [4.78, 5) is 40.2. The molecule has 0 saturated carbocycles. The van der Waals surface area contributed by atoms with Crippen molar-refractivity contribution in [1.29, 1.82) is 0 Å². The van der Waals surface area contributed by atoms with Crippen LogP contribution >= 0.6 is 0 Å². The Labute approximate surface area is 237 Å². The lowest BCUT2D eigenvalue weighted by atomic mass is 9.89. The Balaban J connectivity index is 1.81. The summed E-state index contributed by atoms with van der Waals surface area (Å²) in [5, 5.41) is 11.8. The van der Waals surface area contributed by atoms with E-state index in [1.165, 1.54) is 7.11 Å². The highest BCUT2D eigenvalue weighted by molar-refractivity contribution is 5.93. The molecule has 0 radical (unpaired) electrons. The highest BCUT2D eigenvalue weighted by Gasteiger charge is 2.40. The van der Waals surface area contributed by atoms with Crippen LogP contribution in [0.2, 0.25) is 0 Å². The van der Waals surface area contributed by atoms with Crippen LogP contribution in [0.3, 0.4) is 0 Å². The van der Waals surface area contributed by atoms with E-state index in [0.717, 1.165) is 11.1 Å². The zero-order valence-electron chi connectivity index (χ0n) is 24.2. The number of rotatable bonds is 13. The molecule has 0 aromatic heterocycles. The maximum atomic E-state index is 13.7. The first kappa shape index (κ1) is 31.3. The van der Waals surface area contributed by atoms with Gasteiger partial charge in [0.05, 0.1) is 11.6 Å². The van der Waals surface area contributed by atoms with Crippen LogP contribution in [0.25, 0.3) is 0 Å². The van der Waals surface area contributed by atoms with Crippen LogP contribution < -0.4 is 21.3 Å². The van der Waals surface area contributed by atoms with Gasteiger partial charge in [0.1, 0.15) is 12.1 Å². The van der Waals surface area contributed by atoms with Crippen molar-refractivity contribution in [3.8, 4) is 0 Å². The fraction of sp³-hybridized carbons (Fsp3) is 0.516. The first-order valence-corrected chi connectivity index (χ1v) is 14.0. The summed E-state index contributed by atoms with van der Waals surface area (Å²) in [6.45, 7) is 6.61. The van der Waals surface area contributed by atoms with E-state index < -0.39 is 29.6 Å². The Morgan fingerprint density at radius 1 is 0.900 bits per heavy atom. The lowest BCUT2D eigenvalue weighted by Gasteiger charge is -2.36. The van der Waals surface area contributed by atoms with Crippen LogP contribution in [-0.2, 0) is 23.9 Å². The third-order valence-corrected chi connectivity index (χ3v) is 7.80. The Morgan fingerprint density at radius 3 is 1.95 bits per heavy atom. The molecular weight excluding hydrogens is 508 g/mol. The van der Waals surface area contributed by atoms with Crippen molar-refractivity contribution in [2.45, 2.75) is 63.3 Å². The minimum Gasteiger partial charge on any atom is -0.381 e. The highest BCUT2D eigenvalue weighted by Crippen LogP contribution is 2.25. The van der Waals surface area contributed by atoms with Gasteiger partial charge < -0.3 is 30.7 Å². The number of carbonyl (C=O) groups is 3. The summed E-state index contributed by atoms with van der Waals surface area (Å²) < 4.78 is 11.1. The van der Waals surface area contributed by atoms with Gasteiger partial charge in [-0.05, 0) is 57.7 Å². The van der Waals surface area contributed by atoms with Gasteiger partial charge >= 0.3 is 0 Å². The van der Waals surface area contributed by atoms with Gasteiger partial charge in [0.25, 0.3) is 0 Å². The molecule has 2 aromatic carbocycles. The second kappa shape index (κ2) is 14.9. The number of hydrogen-bond acceptors (Lipinski definition) is 6. The summed E-state index contributed by atoms with van der Waals surface area (Å²) in [5.74, 6) is -1.26. The minimum absolute atomic E-state index is 0.0781. The van der Waals surface area contributed by atoms with Gasteiger partial charge in [0.2, 0.25) is 17.7 Å². The average molecular weight is 553 g/mol. The van der Waals surface area contributed by atoms with E-state index in [1.54, 1.807) is 27.8 Å². The summed E-state index contributed by atoms with van der Waals surface area (Å²) in [6, 6.07) is 17.7. The molecular formula is C31H44N4O5. The lowest BCUT2D eigenvalue weighted by Crippen LogP contribution is -2.63. The van der Waals surface area contributed by atoms with E-state index in [4.69, 9.17) is 9.47 Å². The van der Waals surface area contributed by atoms with E-state index in [0.29, 0.717) is 32.6 Å². The van der Waals surface area contributed by atoms with Crippen molar-refractivity contribution in [2.24, 2.45) is 5.92 Å². The van der Waals surface area contributed by atoms with Gasteiger partial charge in [0, 0.05) is 32.8 Å². The van der Waals surface area contributed by atoms with Crippen molar-refractivity contribution >= 4 is 17.7 Å². The van der Waals surface area contributed by atoms with Crippen molar-refractivity contribution < 1.29 is 23.9 Å². The van der Waals surface area contributed by atoms with Crippen LogP contribution in [0.1, 0.15) is 50.7 Å². The van der Waals surface area contributed by atoms with E-state index in [2.05, 4.69) is 21.3 Å². The van der Waals surface area contributed by atoms with Gasteiger partial charge in [-0.25, -0.2) is 0 Å². The predicted molar refractivity (Wildman–Crippen MR) is 155 cm³/mol. The number of hydrogen-bond donors (Lipinski definition) is 4. The van der Waals surface area contributed by atoms with Crippen LogP contribution in [0.5, 0.6) is 0 Å². The first-order valence-electron chi connectivity index (χ1n) is 14.0. The molecule has 1 aliphatic heterocycles. The Hall–Kier alpha value is -3.27. The molecule has 3 rings (SSSR count). The van der Waals surface area contributed by atoms with Gasteiger partial charge in [-0.15, -0.1) is 0 Å². The summed E-state index contributed by atoms with van der Waals surface area (Å²) in [7, 11) is 3.20. The van der Waals surface area contributed by atoms with Crippen LogP contribution in [0.4, 0.5) is 0 Å². The molecule has 0 aliphatic carbocycles. The molecule has 2 aromatic rings. The van der Waals surface area contributed by atoms with Crippen LogP contribution in [0, 0.1) is 5.92 Å². The number of ether oxygens (including phenoxy) is 2. The molecule has 3 atom stereocenters. The third kappa shape index (κ3) is 8.36. The monoisotopic (exact) mass is 552 g/mol. The van der Waals surface area contributed by atoms with Crippen molar-refractivity contribution in [2.75, 3.05) is 33.9 Å². The molecule has 0 bridgehead atoms. The molecule has 4 N–H and O–H groups in total.